The van der Waals surface area contributed by atoms with E-state index < -0.39 is 22.6 Å². The molecule has 0 radical (unpaired) electrons. The normalized spacial score (nSPS) is 11.5. The van der Waals surface area contributed by atoms with E-state index in [9.17, 15) is 28.1 Å². The number of amides is 1. The predicted octanol–water partition coefficient (Wildman–Crippen LogP) is 4.27. The summed E-state index contributed by atoms with van der Waals surface area (Å²) in [6, 6.07) is 9.96. The molecule has 124 valence electrons. The van der Waals surface area contributed by atoms with E-state index in [1.165, 1.54) is 36.4 Å². The van der Waals surface area contributed by atoms with Crippen molar-refractivity contribution in [3.63, 3.8) is 0 Å². The van der Waals surface area contributed by atoms with Gasteiger partial charge in [-0.05, 0) is 30.3 Å². The van der Waals surface area contributed by atoms with Crippen LogP contribution in [0.3, 0.4) is 0 Å². The second-order valence-corrected chi connectivity index (χ2v) is 4.72. The fourth-order valence-electron chi connectivity index (χ4n) is 1.92. The SMILES string of the molecule is O=C(/C=C\c1ccccc1[N+](=O)[O-])Nc1cccc(C(F)(F)F)c1. The molecule has 0 aliphatic heterocycles. The van der Waals surface area contributed by atoms with Crippen molar-refractivity contribution in [2.75, 3.05) is 5.32 Å². The van der Waals surface area contributed by atoms with Gasteiger partial charge in [-0.25, -0.2) is 0 Å². The van der Waals surface area contributed by atoms with Crippen LogP contribution >= 0.6 is 0 Å². The van der Waals surface area contributed by atoms with Gasteiger partial charge in [0.2, 0.25) is 5.91 Å². The molecule has 0 atom stereocenters. The molecular formula is C16H11F3N2O3. The average Bonchev–Trinajstić information content (AvgIpc) is 2.52. The largest absolute Gasteiger partial charge is 0.416 e. The fourth-order valence-corrected chi connectivity index (χ4v) is 1.92. The number of nitrogens with one attached hydrogen (secondary N) is 1. The second-order valence-electron chi connectivity index (χ2n) is 4.72. The maximum absolute atomic E-state index is 12.6. The van der Waals surface area contributed by atoms with Gasteiger partial charge in [0.05, 0.1) is 16.1 Å². The molecule has 0 bridgehead atoms. The van der Waals surface area contributed by atoms with E-state index in [-0.39, 0.29) is 16.9 Å². The van der Waals surface area contributed by atoms with E-state index >= 15 is 0 Å². The molecule has 0 saturated heterocycles. The molecular weight excluding hydrogens is 325 g/mol. The number of halogens is 3. The van der Waals surface area contributed by atoms with Gasteiger partial charge in [0.15, 0.2) is 0 Å². The molecule has 24 heavy (non-hydrogen) atoms. The van der Waals surface area contributed by atoms with E-state index in [2.05, 4.69) is 5.32 Å². The summed E-state index contributed by atoms with van der Waals surface area (Å²) >= 11 is 0. The number of hydrogen-bond acceptors (Lipinski definition) is 3. The number of nitrogens with zero attached hydrogens (tertiary/aromatic N) is 1. The molecule has 0 heterocycles. The standard InChI is InChI=1S/C16H11F3N2O3/c17-16(18,19)12-5-3-6-13(10-12)20-15(22)9-8-11-4-1-2-7-14(11)21(23)24/h1-10H,(H,20,22)/b9-8-. The molecule has 1 amide bonds. The van der Waals surface area contributed by atoms with Crippen LogP contribution in [0.2, 0.25) is 0 Å². The van der Waals surface area contributed by atoms with Crippen LogP contribution in [0.15, 0.2) is 54.6 Å². The highest BCUT2D eigenvalue weighted by atomic mass is 19.4. The average molecular weight is 336 g/mol. The van der Waals surface area contributed by atoms with E-state index in [4.69, 9.17) is 0 Å². The number of alkyl halides is 3. The smallest absolute Gasteiger partial charge is 0.322 e. The van der Waals surface area contributed by atoms with Crippen molar-refractivity contribution in [1.82, 2.24) is 0 Å². The minimum Gasteiger partial charge on any atom is -0.322 e. The molecule has 1 N–H and O–H groups in total. The van der Waals surface area contributed by atoms with Crippen molar-refractivity contribution in [3.8, 4) is 0 Å². The van der Waals surface area contributed by atoms with Crippen LogP contribution in [0.25, 0.3) is 6.08 Å². The van der Waals surface area contributed by atoms with Gasteiger partial charge < -0.3 is 5.32 Å². The number of para-hydroxylation sites is 1. The topological polar surface area (TPSA) is 72.2 Å². The Hall–Kier alpha value is -3.16. The lowest BCUT2D eigenvalue weighted by Gasteiger charge is -2.08. The Balaban J connectivity index is 2.13. The van der Waals surface area contributed by atoms with Crippen LogP contribution in [0, 0.1) is 10.1 Å². The van der Waals surface area contributed by atoms with Gasteiger partial charge in [0.1, 0.15) is 0 Å². The number of carbonyl (C=O) groups is 1. The molecule has 0 saturated carbocycles. The summed E-state index contributed by atoms with van der Waals surface area (Å²) in [5.41, 5.74) is -0.882. The van der Waals surface area contributed by atoms with Gasteiger partial charge in [-0.1, -0.05) is 18.2 Å². The van der Waals surface area contributed by atoms with Crippen LogP contribution in [-0.4, -0.2) is 10.8 Å². The molecule has 2 aromatic rings. The molecule has 0 spiro atoms. The molecule has 0 aromatic heterocycles. The summed E-state index contributed by atoms with van der Waals surface area (Å²) in [5, 5.41) is 13.1. The van der Waals surface area contributed by atoms with Crippen molar-refractivity contribution < 1.29 is 22.9 Å². The summed E-state index contributed by atoms with van der Waals surface area (Å²) in [6.07, 6.45) is -2.27. The Morgan fingerprint density at radius 1 is 1.12 bits per heavy atom. The number of hydrogen-bond donors (Lipinski definition) is 1. The molecule has 5 nitrogen and oxygen atoms in total. The first-order valence-corrected chi connectivity index (χ1v) is 6.67. The first kappa shape index (κ1) is 17.2. The minimum absolute atomic E-state index is 0.0259. The Labute approximate surface area is 134 Å². The predicted molar refractivity (Wildman–Crippen MR) is 82.2 cm³/mol. The van der Waals surface area contributed by atoms with Gasteiger partial charge >= 0.3 is 6.18 Å². The number of carbonyl (C=O) groups excluding carboxylic acids is 1. The van der Waals surface area contributed by atoms with Crippen LogP contribution in [0.5, 0.6) is 0 Å². The van der Waals surface area contributed by atoms with E-state index in [1.54, 1.807) is 6.07 Å². The highest BCUT2D eigenvalue weighted by Gasteiger charge is 2.30. The molecule has 2 rings (SSSR count). The zero-order chi connectivity index (χ0) is 17.7. The summed E-state index contributed by atoms with van der Waals surface area (Å²) in [5.74, 6) is -0.701. The molecule has 0 unspecified atom stereocenters. The van der Waals surface area contributed by atoms with Crippen LogP contribution < -0.4 is 5.32 Å². The maximum Gasteiger partial charge on any atom is 0.416 e. The highest BCUT2D eigenvalue weighted by molar-refractivity contribution is 6.02. The first-order valence-electron chi connectivity index (χ1n) is 6.67. The lowest BCUT2D eigenvalue weighted by Crippen LogP contribution is -2.10. The lowest BCUT2D eigenvalue weighted by molar-refractivity contribution is -0.385. The van der Waals surface area contributed by atoms with E-state index in [0.29, 0.717) is 0 Å². The fraction of sp³-hybridized carbons (Fsp3) is 0.0625. The Morgan fingerprint density at radius 3 is 2.50 bits per heavy atom. The zero-order valence-electron chi connectivity index (χ0n) is 12.1. The Bertz CT molecular complexity index is 801. The number of nitro benzene ring substituents is 1. The molecule has 0 aliphatic rings. The molecule has 8 heteroatoms. The minimum atomic E-state index is -4.51. The van der Waals surface area contributed by atoms with Crippen LogP contribution in [0.4, 0.5) is 24.5 Å². The number of nitro groups is 1. The summed E-state index contributed by atoms with van der Waals surface area (Å²) in [4.78, 5) is 22.0. The van der Waals surface area contributed by atoms with Crippen molar-refractivity contribution in [1.29, 1.82) is 0 Å². The van der Waals surface area contributed by atoms with Crippen LogP contribution in [0.1, 0.15) is 11.1 Å². The summed E-state index contributed by atoms with van der Waals surface area (Å²) in [6.45, 7) is 0. The lowest BCUT2D eigenvalue weighted by atomic mass is 10.1. The van der Waals surface area contributed by atoms with Gasteiger partial charge in [0.25, 0.3) is 5.69 Å². The van der Waals surface area contributed by atoms with Crippen molar-refractivity contribution in [2.24, 2.45) is 0 Å². The monoisotopic (exact) mass is 336 g/mol. The van der Waals surface area contributed by atoms with Gasteiger partial charge in [0, 0.05) is 17.8 Å². The van der Waals surface area contributed by atoms with Crippen molar-refractivity contribution in [2.45, 2.75) is 6.18 Å². The number of anilines is 1. The third kappa shape index (κ3) is 4.42. The number of benzene rings is 2. The zero-order valence-corrected chi connectivity index (χ0v) is 12.1. The Morgan fingerprint density at radius 2 is 1.83 bits per heavy atom. The molecule has 0 fully saturated rings. The van der Waals surface area contributed by atoms with Crippen molar-refractivity contribution >= 4 is 23.4 Å². The van der Waals surface area contributed by atoms with E-state index in [0.717, 1.165) is 18.2 Å². The number of rotatable bonds is 4. The third-order valence-electron chi connectivity index (χ3n) is 3.01. The quantitative estimate of drug-likeness (QED) is 0.515. The Kier molecular flexibility index (Phi) is 4.98. The highest BCUT2D eigenvalue weighted by Crippen LogP contribution is 2.30. The van der Waals surface area contributed by atoms with Gasteiger partial charge in [-0.3, -0.25) is 14.9 Å². The van der Waals surface area contributed by atoms with Gasteiger partial charge in [-0.15, -0.1) is 0 Å². The third-order valence-corrected chi connectivity index (χ3v) is 3.01. The molecule has 0 aliphatic carbocycles. The van der Waals surface area contributed by atoms with Crippen LogP contribution in [-0.2, 0) is 11.0 Å². The van der Waals surface area contributed by atoms with Crippen molar-refractivity contribution in [3.05, 3.63) is 75.8 Å². The molecule has 2 aromatic carbocycles. The second kappa shape index (κ2) is 6.95. The maximum atomic E-state index is 12.6. The summed E-state index contributed by atoms with van der Waals surface area (Å²) < 4.78 is 37.8. The first-order chi connectivity index (χ1) is 11.3. The van der Waals surface area contributed by atoms with Gasteiger partial charge in [-0.2, -0.15) is 13.2 Å². The van der Waals surface area contributed by atoms with E-state index in [1.807, 2.05) is 0 Å². The summed E-state index contributed by atoms with van der Waals surface area (Å²) in [7, 11) is 0.